The molecule has 124 valence electrons. The van der Waals surface area contributed by atoms with E-state index in [4.69, 9.17) is 0 Å². The van der Waals surface area contributed by atoms with Gasteiger partial charge in [0.05, 0.1) is 5.25 Å². The van der Waals surface area contributed by atoms with Crippen LogP contribution in [0, 0.1) is 0 Å². The van der Waals surface area contributed by atoms with Gasteiger partial charge in [0.15, 0.2) is 0 Å². The lowest BCUT2D eigenvalue weighted by molar-refractivity contribution is 0.410. The molecule has 0 heterocycles. The average Bonchev–Trinajstić information content (AvgIpc) is 2.69. The van der Waals surface area contributed by atoms with E-state index >= 15 is 0 Å². The molecule has 2 aromatic rings. The van der Waals surface area contributed by atoms with Crippen LogP contribution in [-0.2, 0) is 12.8 Å². The maximum absolute atomic E-state index is 2.33. The molecule has 0 amide bonds. The number of halogens is 1. The third-order valence-corrected chi connectivity index (χ3v) is 5.74. The summed E-state index contributed by atoms with van der Waals surface area (Å²) in [5.41, 5.74) is 6.12. The van der Waals surface area contributed by atoms with E-state index in [9.17, 15) is 0 Å². The maximum Gasteiger partial charge on any atom is 0.0552 e. The van der Waals surface area contributed by atoms with Gasteiger partial charge in [-0.15, -0.1) is 24.2 Å². The zero-order valence-corrected chi connectivity index (χ0v) is 15.6. The van der Waals surface area contributed by atoms with Crippen molar-refractivity contribution in [3.05, 3.63) is 70.8 Å². The summed E-state index contributed by atoms with van der Waals surface area (Å²) in [7, 11) is 4.31. The molecule has 0 aliphatic heterocycles. The Labute approximate surface area is 150 Å². The van der Waals surface area contributed by atoms with Crippen LogP contribution in [0.4, 0.5) is 0 Å². The van der Waals surface area contributed by atoms with Gasteiger partial charge in [-0.25, -0.2) is 0 Å². The SMILES string of the molecule is CN(C)CCCSC1c2ccccc2CCc2ccccc21.Cl. The van der Waals surface area contributed by atoms with Crippen molar-refractivity contribution >= 4 is 24.2 Å². The highest BCUT2D eigenvalue weighted by Crippen LogP contribution is 2.41. The standard InChI is InChI=1S/C20H25NS.ClH/c1-21(2)14-7-15-22-20-18-10-5-3-8-16(18)12-13-17-9-4-6-11-19(17)20;/h3-6,8-11,20H,7,12-15H2,1-2H3;1H. The van der Waals surface area contributed by atoms with Gasteiger partial charge in [-0.3, -0.25) is 0 Å². The zero-order valence-electron chi connectivity index (χ0n) is 14.0. The molecule has 0 saturated carbocycles. The van der Waals surface area contributed by atoms with Gasteiger partial charge in [0.25, 0.3) is 0 Å². The molecule has 0 atom stereocenters. The largest absolute Gasteiger partial charge is 0.309 e. The first-order chi connectivity index (χ1) is 10.8. The first kappa shape index (κ1) is 18.4. The molecular weight excluding hydrogens is 322 g/mol. The van der Waals surface area contributed by atoms with Crippen molar-refractivity contribution in [1.82, 2.24) is 4.90 Å². The van der Waals surface area contributed by atoms with E-state index in [0.29, 0.717) is 5.25 Å². The molecule has 23 heavy (non-hydrogen) atoms. The Kier molecular flexibility index (Phi) is 7.01. The van der Waals surface area contributed by atoms with Crippen LogP contribution in [0.15, 0.2) is 48.5 Å². The van der Waals surface area contributed by atoms with Gasteiger partial charge >= 0.3 is 0 Å². The number of benzene rings is 2. The molecule has 1 aliphatic carbocycles. The second-order valence-corrected chi connectivity index (χ2v) is 7.52. The highest BCUT2D eigenvalue weighted by molar-refractivity contribution is 7.99. The van der Waals surface area contributed by atoms with Gasteiger partial charge in [0, 0.05) is 0 Å². The van der Waals surface area contributed by atoms with Crippen LogP contribution in [-0.4, -0.2) is 31.3 Å². The van der Waals surface area contributed by atoms with Crippen LogP contribution >= 0.6 is 24.2 Å². The number of rotatable bonds is 5. The Morgan fingerprint density at radius 3 is 1.96 bits per heavy atom. The lowest BCUT2D eigenvalue weighted by Gasteiger charge is -2.20. The number of thioether (sulfide) groups is 1. The summed E-state index contributed by atoms with van der Waals surface area (Å²) in [6.07, 6.45) is 3.59. The van der Waals surface area contributed by atoms with Gasteiger partial charge < -0.3 is 4.90 Å². The van der Waals surface area contributed by atoms with Crippen molar-refractivity contribution in [3.8, 4) is 0 Å². The molecule has 0 radical (unpaired) electrons. The van der Waals surface area contributed by atoms with Crippen molar-refractivity contribution in [2.24, 2.45) is 0 Å². The van der Waals surface area contributed by atoms with E-state index in [-0.39, 0.29) is 12.4 Å². The third kappa shape index (κ3) is 4.53. The normalized spacial score (nSPS) is 13.9. The highest BCUT2D eigenvalue weighted by Gasteiger charge is 2.23. The quantitative estimate of drug-likeness (QED) is 0.701. The molecule has 0 fully saturated rings. The van der Waals surface area contributed by atoms with Gasteiger partial charge in [-0.05, 0) is 67.9 Å². The summed E-state index contributed by atoms with van der Waals surface area (Å²) >= 11 is 2.11. The number of aryl methyl sites for hydroxylation is 2. The van der Waals surface area contributed by atoms with Crippen LogP contribution in [0.3, 0.4) is 0 Å². The molecular formula is C20H26ClNS. The van der Waals surface area contributed by atoms with Crippen LogP contribution in [0.25, 0.3) is 0 Å². The molecule has 0 bridgehead atoms. The van der Waals surface area contributed by atoms with Gasteiger partial charge in [-0.2, -0.15) is 0 Å². The fraction of sp³-hybridized carbons (Fsp3) is 0.400. The molecule has 1 aliphatic rings. The van der Waals surface area contributed by atoms with E-state index in [1.807, 2.05) is 0 Å². The summed E-state index contributed by atoms with van der Waals surface area (Å²) in [6, 6.07) is 18.1. The summed E-state index contributed by atoms with van der Waals surface area (Å²) in [6.45, 7) is 1.17. The smallest absolute Gasteiger partial charge is 0.0552 e. The molecule has 3 rings (SSSR count). The Morgan fingerprint density at radius 2 is 1.43 bits per heavy atom. The maximum atomic E-state index is 2.33. The van der Waals surface area contributed by atoms with Crippen molar-refractivity contribution in [3.63, 3.8) is 0 Å². The third-order valence-electron chi connectivity index (χ3n) is 4.37. The minimum absolute atomic E-state index is 0. The molecule has 1 nitrogen and oxygen atoms in total. The first-order valence-corrected chi connectivity index (χ1v) is 9.22. The van der Waals surface area contributed by atoms with Crippen molar-refractivity contribution < 1.29 is 0 Å². The molecule has 0 saturated heterocycles. The molecule has 0 spiro atoms. The summed E-state index contributed by atoms with van der Waals surface area (Å²) in [5, 5.41) is 0.497. The Bertz CT molecular complexity index is 579. The summed E-state index contributed by atoms with van der Waals surface area (Å²) < 4.78 is 0. The topological polar surface area (TPSA) is 3.24 Å². The van der Waals surface area contributed by atoms with Crippen LogP contribution in [0.1, 0.15) is 33.9 Å². The Morgan fingerprint density at radius 1 is 0.913 bits per heavy atom. The lowest BCUT2D eigenvalue weighted by atomic mass is 10.00. The van der Waals surface area contributed by atoms with E-state index in [2.05, 4.69) is 79.3 Å². The molecule has 3 heteroatoms. The average molecular weight is 348 g/mol. The predicted octanol–water partition coefficient (Wildman–Crippen LogP) is 4.98. The van der Waals surface area contributed by atoms with E-state index in [1.54, 1.807) is 0 Å². The van der Waals surface area contributed by atoms with Gasteiger partial charge in [0.2, 0.25) is 0 Å². The first-order valence-electron chi connectivity index (χ1n) is 8.17. The fourth-order valence-electron chi connectivity index (χ4n) is 3.23. The van der Waals surface area contributed by atoms with Crippen molar-refractivity contribution in [2.75, 3.05) is 26.4 Å². The number of hydrogen-bond acceptors (Lipinski definition) is 2. The number of nitrogens with zero attached hydrogens (tertiary/aromatic N) is 1. The zero-order chi connectivity index (χ0) is 15.4. The van der Waals surface area contributed by atoms with Crippen molar-refractivity contribution in [2.45, 2.75) is 24.5 Å². The Balaban J connectivity index is 0.00000192. The van der Waals surface area contributed by atoms with Crippen molar-refractivity contribution in [1.29, 1.82) is 0 Å². The van der Waals surface area contributed by atoms with E-state index in [0.717, 1.165) is 0 Å². The summed E-state index contributed by atoms with van der Waals surface area (Å²) in [5.74, 6) is 1.21. The molecule has 2 aromatic carbocycles. The molecule has 0 N–H and O–H groups in total. The number of fused-ring (bicyclic) bond motifs is 2. The van der Waals surface area contributed by atoms with Gasteiger partial charge in [-0.1, -0.05) is 48.5 Å². The monoisotopic (exact) mass is 347 g/mol. The van der Waals surface area contributed by atoms with E-state index < -0.39 is 0 Å². The second-order valence-electron chi connectivity index (χ2n) is 6.31. The number of hydrogen-bond donors (Lipinski definition) is 0. The minimum atomic E-state index is 0. The Hall–Kier alpha value is -0.960. The van der Waals surface area contributed by atoms with Gasteiger partial charge in [0.1, 0.15) is 0 Å². The second kappa shape index (κ2) is 8.77. The summed E-state index contributed by atoms with van der Waals surface area (Å²) in [4.78, 5) is 2.27. The lowest BCUT2D eigenvalue weighted by Crippen LogP contribution is -2.13. The highest BCUT2D eigenvalue weighted by atomic mass is 35.5. The fourth-order valence-corrected chi connectivity index (χ4v) is 4.58. The molecule has 0 unspecified atom stereocenters. The van der Waals surface area contributed by atoms with E-state index in [1.165, 1.54) is 53.8 Å². The van der Waals surface area contributed by atoms with Crippen LogP contribution in [0.2, 0.25) is 0 Å². The minimum Gasteiger partial charge on any atom is -0.309 e. The molecule has 0 aromatic heterocycles. The predicted molar refractivity (Wildman–Crippen MR) is 105 cm³/mol. The van der Waals surface area contributed by atoms with Crippen LogP contribution in [0.5, 0.6) is 0 Å². The van der Waals surface area contributed by atoms with Crippen LogP contribution < -0.4 is 0 Å².